The molecule has 2 aromatic heterocycles. The maximum atomic E-state index is 13.4. The van der Waals surface area contributed by atoms with Crippen molar-refractivity contribution < 1.29 is 19.2 Å². The van der Waals surface area contributed by atoms with Gasteiger partial charge in [-0.3, -0.25) is 29.1 Å². The molecular weight excluding hydrogens is 502 g/mol. The average Bonchev–Trinajstić information content (AvgIpc) is 3.61. The van der Waals surface area contributed by atoms with E-state index in [4.69, 9.17) is 0 Å². The van der Waals surface area contributed by atoms with Crippen LogP contribution >= 0.6 is 0 Å². The number of carbonyl (C=O) groups excluding carboxylic acids is 4. The monoisotopic (exact) mass is 533 g/mol. The number of tetrazole rings is 1. The number of para-hydroxylation sites is 1. The molecule has 3 heterocycles. The van der Waals surface area contributed by atoms with Crippen molar-refractivity contribution in [2.45, 2.75) is 51.7 Å². The van der Waals surface area contributed by atoms with Gasteiger partial charge in [0.2, 0.25) is 23.6 Å². The minimum Gasteiger partial charge on any atom is -0.347 e. The number of pyridine rings is 1. The number of aromatic nitrogens is 5. The molecule has 4 amide bonds. The van der Waals surface area contributed by atoms with Gasteiger partial charge in [-0.15, -0.1) is 10.2 Å². The molecule has 1 aliphatic heterocycles. The number of nitrogens with one attached hydrogen (secondary N) is 4. The van der Waals surface area contributed by atoms with Crippen LogP contribution in [0.1, 0.15) is 37.4 Å². The lowest BCUT2D eigenvalue weighted by Crippen LogP contribution is -2.54. The highest BCUT2D eigenvalue weighted by molar-refractivity contribution is 6.05. The van der Waals surface area contributed by atoms with E-state index in [0.29, 0.717) is 30.0 Å². The molecule has 13 nitrogen and oxygen atoms in total. The SMILES string of the molecule is CC[C@H](C)[C@H](NC(=O)Cc1ccccn1)C(=O)NCC(=O)N1c2ccccc2C[C@H]1C(=O)NCc1nn[nH]n1. The molecule has 0 fully saturated rings. The summed E-state index contributed by atoms with van der Waals surface area (Å²) in [5.41, 5.74) is 2.04. The maximum Gasteiger partial charge on any atom is 0.247 e. The van der Waals surface area contributed by atoms with Crippen LogP contribution < -0.4 is 20.9 Å². The van der Waals surface area contributed by atoms with Crippen LogP contribution in [0.2, 0.25) is 0 Å². The summed E-state index contributed by atoms with van der Waals surface area (Å²) >= 11 is 0. The van der Waals surface area contributed by atoms with Crippen molar-refractivity contribution in [3.8, 4) is 0 Å². The molecule has 0 aliphatic carbocycles. The molecule has 0 saturated heterocycles. The average molecular weight is 534 g/mol. The van der Waals surface area contributed by atoms with Gasteiger partial charge in [0, 0.05) is 24.0 Å². The van der Waals surface area contributed by atoms with E-state index in [1.54, 1.807) is 36.5 Å². The highest BCUT2D eigenvalue weighted by Gasteiger charge is 2.38. The van der Waals surface area contributed by atoms with Crippen molar-refractivity contribution in [3.63, 3.8) is 0 Å². The van der Waals surface area contributed by atoms with E-state index >= 15 is 0 Å². The summed E-state index contributed by atoms with van der Waals surface area (Å²) in [5, 5.41) is 21.6. The Kier molecular flexibility index (Phi) is 8.92. The minimum absolute atomic E-state index is 0.0329. The summed E-state index contributed by atoms with van der Waals surface area (Å²) in [5.74, 6) is -1.51. The Morgan fingerprint density at radius 1 is 1.10 bits per heavy atom. The van der Waals surface area contributed by atoms with Crippen LogP contribution in [0, 0.1) is 5.92 Å². The van der Waals surface area contributed by atoms with Gasteiger partial charge in [0.05, 0.1) is 19.5 Å². The Bertz CT molecular complexity index is 1300. The second-order valence-electron chi connectivity index (χ2n) is 9.30. The van der Waals surface area contributed by atoms with Crippen molar-refractivity contribution in [1.82, 2.24) is 41.6 Å². The number of fused-ring (bicyclic) bond motifs is 1. The van der Waals surface area contributed by atoms with Gasteiger partial charge in [-0.25, -0.2) is 0 Å². The number of aromatic amines is 1. The first-order chi connectivity index (χ1) is 18.9. The molecule has 1 aliphatic rings. The van der Waals surface area contributed by atoms with Crippen molar-refractivity contribution >= 4 is 29.3 Å². The largest absolute Gasteiger partial charge is 0.347 e. The van der Waals surface area contributed by atoms with Gasteiger partial charge in [-0.2, -0.15) is 5.21 Å². The second kappa shape index (κ2) is 12.7. The molecule has 13 heteroatoms. The van der Waals surface area contributed by atoms with Crippen LogP contribution in [-0.2, 0) is 38.6 Å². The first-order valence-electron chi connectivity index (χ1n) is 12.7. The normalized spacial score (nSPS) is 15.6. The zero-order valence-electron chi connectivity index (χ0n) is 21.8. The number of H-pyrrole nitrogens is 1. The lowest BCUT2D eigenvalue weighted by molar-refractivity contribution is -0.131. The molecule has 3 atom stereocenters. The molecule has 4 N–H and O–H groups in total. The Balaban J connectivity index is 1.41. The van der Waals surface area contributed by atoms with Gasteiger partial charge in [-0.1, -0.05) is 49.7 Å². The Hall–Kier alpha value is -4.68. The van der Waals surface area contributed by atoms with Crippen molar-refractivity contribution in [2.75, 3.05) is 11.4 Å². The Morgan fingerprint density at radius 3 is 2.62 bits per heavy atom. The molecular formula is C26H31N9O4. The zero-order chi connectivity index (χ0) is 27.8. The quantitative estimate of drug-likeness (QED) is 0.268. The highest BCUT2D eigenvalue weighted by Crippen LogP contribution is 2.32. The molecule has 0 bridgehead atoms. The summed E-state index contributed by atoms with van der Waals surface area (Å²) in [6, 6.07) is 10.9. The standard InChI is InChI=1S/C26H31N9O4/c1-3-16(2)24(30-22(36)13-18-9-6-7-11-27-18)26(39)29-15-23(37)35-19-10-5-4-8-17(19)12-20(35)25(38)28-14-21-31-33-34-32-21/h4-11,16,20,24H,3,12-15H2,1-2H3,(H,28,38)(H,29,39)(H,30,36)(H,31,32,33,34)/t16-,20-,24-/m0/s1. The number of nitrogens with zero attached hydrogens (tertiary/aromatic N) is 5. The number of carbonyl (C=O) groups is 4. The smallest absolute Gasteiger partial charge is 0.247 e. The summed E-state index contributed by atoms with van der Waals surface area (Å²) in [6.07, 6.45) is 2.60. The molecule has 0 radical (unpaired) electrons. The van der Waals surface area contributed by atoms with E-state index in [-0.39, 0.29) is 37.2 Å². The second-order valence-corrected chi connectivity index (χ2v) is 9.30. The molecule has 3 aromatic rings. The first kappa shape index (κ1) is 27.4. The Morgan fingerprint density at radius 2 is 1.90 bits per heavy atom. The number of amides is 4. The third kappa shape index (κ3) is 6.80. The zero-order valence-corrected chi connectivity index (χ0v) is 21.8. The predicted molar refractivity (Wildman–Crippen MR) is 140 cm³/mol. The van der Waals surface area contributed by atoms with Crippen LogP contribution in [0.25, 0.3) is 0 Å². The molecule has 0 unspecified atom stereocenters. The minimum atomic E-state index is -0.834. The summed E-state index contributed by atoms with van der Waals surface area (Å²) in [4.78, 5) is 57.7. The van der Waals surface area contributed by atoms with Gasteiger partial charge < -0.3 is 16.0 Å². The molecule has 4 rings (SSSR count). The van der Waals surface area contributed by atoms with Gasteiger partial charge in [0.25, 0.3) is 0 Å². The van der Waals surface area contributed by atoms with E-state index in [1.807, 2.05) is 26.0 Å². The fourth-order valence-corrected chi connectivity index (χ4v) is 4.40. The van der Waals surface area contributed by atoms with Crippen molar-refractivity contribution in [1.29, 1.82) is 0 Å². The number of anilines is 1. The number of rotatable bonds is 11. The fraction of sp³-hybridized carbons (Fsp3) is 0.385. The van der Waals surface area contributed by atoms with E-state index in [0.717, 1.165) is 5.56 Å². The van der Waals surface area contributed by atoms with E-state index in [1.165, 1.54) is 4.90 Å². The highest BCUT2D eigenvalue weighted by atomic mass is 16.2. The van der Waals surface area contributed by atoms with Gasteiger partial charge in [-0.05, 0) is 29.7 Å². The first-order valence-corrected chi connectivity index (χ1v) is 12.7. The van der Waals surface area contributed by atoms with Crippen LogP contribution in [0.5, 0.6) is 0 Å². The maximum absolute atomic E-state index is 13.4. The summed E-state index contributed by atoms with van der Waals surface area (Å²) in [7, 11) is 0. The van der Waals surface area contributed by atoms with Gasteiger partial charge >= 0.3 is 0 Å². The third-order valence-corrected chi connectivity index (χ3v) is 6.65. The molecule has 204 valence electrons. The van der Waals surface area contributed by atoms with E-state index in [9.17, 15) is 19.2 Å². The van der Waals surface area contributed by atoms with E-state index in [2.05, 4.69) is 41.6 Å². The molecule has 0 saturated carbocycles. The third-order valence-electron chi connectivity index (χ3n) is 6.65. The summed E-state index contributed by atoms with van der Waals surface area (Å²) in [6.45, 7) is 3.48. The van der Waals surface area contributed by atoms with Crippen LogP contribution in [0.15, 0.2) is 48.7 Å². The van der Waals surface area contributed by atoms with Crippen LogP contribution in [-0.4, -0.2) is 67.9 Å². The number of hydrogen-bond acceptors (Lipinski definition) is 8. The molecule has 39 heavy (non-hydrogen) atoms. The molecule has 1 aromatic carbocycles. The lowest BCUT2D eigenvalue weighted by Gasteiger charge is -2.26. The summed E-state index contributed by atoms with van der Waals surface area (Å²) < 4.78 is 0. The molecule has 0 spiro atoms. The van der Waals surface area contributed by atoms with Gasteiger partial charge in [0.1, 0.15) is 12.1 Å². The van der Waals surface area contributed by atoms with Gasteiger partial charge in [0.15, 0.2) is 5.82 Å². The van der Waals surface area contributed by atoms with Crippen LogP contribution in [0.3, 0.4) is 0 Å². The Labute approximate surface area is 225 Å². The fourth-order valence-electron chi connectivity index (χ4n) is 4.40. The lowest BCUT2D eigenvalue weighted by atomic mass is 9.98. The van der Waals surface area contributed by atoms with Crippen molar-refractivity contribution in [3.05, 3.63) is 65.7 Å². The number of hydrogen-bond donors (Lipinski definition) is 4. The topological polar surface area (TPSA) is 175 Å². The predicted octanol–water partition coefficient (Wildman–Crippen LogP) is 0.0586. The van der Waals surface area contributed by atoms with E-state index < -0.39 is 23.9 Å². The van der Waals surface area contributed by atoms with Crippen molar-refractivity contribution in [2.24, 2.45) is 5.92 Å². The number of benzene rings is 1. The van der Waals surface area contributed by atoms with Crippen LogP contribution in [0.4, 0.5) is 5.69 Å².